The lowest BCUT2D eigenvalue weighted by Crippen LogP contribution is -2.82. The molecule has 0 aliphatic carbocycles. The molecule has 4 atom stereocenters. The second-order valence-electron chi connectivity index (χ2n) is 6.93. The van der Waals surface area contributed by atoms with Gasteiger partial charge in [-0.3, -0.25) is 9.59 Å². The maximum atomic E-state index is 13.7. The van der Waals surface area contributed by atoms with Crippen LogP contribution >= 0.6 is 0 Å². The molecule has 1 aliphatic heterocycles. The molecule has 1 aliphatic rings. The van der Waals surface area contributed by atoms with Crippen LogP contribution in [0.15, 0.2) is 0 Å². The molecular weight excluding hydrogens is 416 g/mol. The van der Waals surface area contributed by atoms with Gasteiger partial charge in [-0.15, -0.1) is 0 Å². The predicted octanol–water partition coefficient (Wildman–Crippen LogP) is 1.72. The van der Waals surface area contributed by atoms with Gasteiger partial charge in [0, 0.05) is 0 Å². The number of carbonyl (C=O) groups is 2. The molecule has 1 fully saturated rings. The molecule has 1 saturated heterocycles. The number of carbonyl (C=O) groups excluding carboxylic acids is 2. The fourth-order valence-corrected chi connectivity index (χ4v) is 3.58. The Bertz CT molecular complexity index is 576. The predicted molar refractivity (Wildman–Crippen MR) is 83.7 cm³/mol. The molecule has 0 radical (unpaired) electrons. The van der Waals surface area contributed by atoms with Crippen molar-refractivity contribution in [3.8, 4) is 0 Å². The molecule has 3 N–H and O–H groups in total. The maximum Gasteiger partial charge on any atom is 0.431 e. The Morgan fingerprint density at radius 2 is 1.21 bits per heavy atom. The van der Waals surface area contributed by atoms with Crippen LogP contribution in [-0.4, -0.2) is 59.2 Å². The van der Waals surface area contributed by atoms with Gasteiger partial charge in [0.05, 0.1) is 13.2 Å². The quantitative estimate of drug-likeness (QED) is 0.443. The van der Waals surface area contributed by atoms with Gasteiger partial charge < -0.3 is 19.7 Å². The van der Waals surface area contributed by atoms with E-state index in [0.29, 0.717) is 5.32 Å². The van der Waals surface area contributed by atoms with Crippen LogP contribution in [0.5, 0.6) is 0 Å². The molecule has 29 heavy (non-hydrogen) atoms. The summed E-state index contributed by atoms with van der Waals surface area (Å²) < 4.78 is 91.3. The number of esters is 2. The topological polar surface area (TPSA) is 105 Å². The number of rotatable bonds is 5. The third-order valence-electron chi connectivity index (χ3n) is 4.77. The van der Waals surface area contributed by atoms with Gasteiger partial charge in [0.15, 0.2) is 0 Å². The summed E-state index contributed by atoms with van der Waals surface area (Å²) in [5.74, 6) is -12.1. The van der Waals surface area contributed by atoms with Crippen molar-refractivity contribution < 1.29 is 55.6 Å². The lowest BCUT2D eigenvalue weighted by atomic mass is 9.62. The molecule has 4 unspecified atom stereocenters. The SMILES string of the molecule is CCOC(=O)C1C(C(C)C)C(C(=O)OCC)C(O)(C(F)(F)F)NC1(O)C(F)(F)F. The minimum absolute atomic E-state index is 0.443. The van der Waals surface area contributed by atoms with E-state index in [0.717, 1.165) is 13.8 Å². The van der Waals surface area contributed by atoms with Gasteiger partial charge in [-0.25, -0.2) is 5.32 Å². The number of piperidine rings is 1. The van der Waals surface area contributed by atoms with Crippen molar-refractivity contribution in [1.29, 1.82) is 0 Å². The molecular formula is C16H23F6NO6. The van der Waals surface area contributed by atoms with Gasteiger partial charge in [-0.05, 0) is 25.7 Å². The fraction of sp³-hybridized carbons (Fsp3) is 0.875. The summed E-state index contributed by atoms with van der Waals surface area (Å²) in [6.07, 6.45) is -11.7. The lowest BCUT2D eigenvalue weighted by Gasteiger charge is -2.55. The van der Waals surface area contributed by atoms with Gasteiger partial charge in [0.2, 0.25) is 11.4 Å². The zero-order valence-corrected chi connectivity index (χ0v) is 16.0. The zero-order chi connectivity index (χ0) is 23.0. The Kier molecular flexibility index (Phi) is 7.25. The van der Waals surface area contributed by atoms with Crippen molar-refractivity contribution in [2.24, 2.45) is 23.7 Å². The first-order valence-corrected chi connectivity index (χ1v) is 8.70. The van der Waals surface area contributed by atoms with E-state index in [2.05, 4.69) is 9.47 Å². The zero-order valence-electron chi connectivity index (χ0n) is 16.0. The Morgan fingerprint density at radius 3 is 1.41 bits per heavy atom. The Hall–Kier alpha value is -1.60. The highest BCUT2D eigenvalue weighted by Gasteiger charge is 2.78. The molecule has 13 heteroatoms. The summed E-state index contributed by atoms with van der Waals surface area (Å²) in [4.78, 5) is 24.6. The molecule has 0 saturated carbocycles. The summed E-state index contributed by atoms with van der Waals surface area (Å²) >= 11 is 0. The average Bonchev–Trinajstić information content (AvgIpc) is 2.52. The number of ether oxygens (including phenoxy) is 2. The van der Waals surface area contributed by atoms with Crippen LogP contribution < -0.4 is 5.32 Å². The second kappa shape index (κ2) is 8.26. The molecule has 0 amide bonds. The first-order chi connectivity index (χ1) is 13.0. The van der Waals surface area contributed by atoms with Gasteiger partial charge in [0.25, 0.3) is 0 Å². The maximum absolute atomic E-state index is 13.7. The molecule has 0 aromatic rings. The van der Waals surface area contributed by atoms with Crippen LogP contribution in [-0.2, 0) is 19.1 Å². The first kappa shape index (κ1) is 25.4. The molecule has 1 heterocycles. The van der Waals surface area contributed by atoms with Gasteiger partial charge >= 0.3 is 24.3 Å². The van der Waals surface area contributed by atoms with Crippen LogP contribution in [0.25, 0.3) is 0 Å². The van der Waals surface area contributed by atoms with Gasteiger partial charge in [-0.2, -0.15) is 26.3 Å². The van der Waals surface area contributed by atoms with Crippen molar-refractivity contribution in [2.75, 3.05) is 13.2 Å². The summed E-state index contributed by atoms with van der Waals surface area (Å²) in [5, 5.41) is 21.2. The van der Waals surface area contributed by atoms with Crippen molar-refractivity contribution in [3.63, 3.8) is 0 Å². The van der Waals surface area contributed by atoms with Crippen LogP contribution in [0.1, 0.15) is 27.7 Å². The van der Waals surface area contributed by atoms with Crippen molar-refractivity contribution in [1.82, 2.24) is 5.32 Å². The second-order valence-corrected chi connectivity index (χ2v) is 6.93. The Morgan fingerprint density at radius 1 is 0.897 bits per heavy atom. The van der Waals surface area contributed by atoms with Crippen LogP contribution in [0.3, 0.4) is 0 Å². The standard InChI is InChI=1S/C16H23F6NO6/c1-5-28-11(24)9-8(7(3)4)10(12(25)29-6-2)14(27,16(20,21)22)23-13(9,26)15(17,18)19/h7-10,23,26-27H,5-6H2,1-4H3. The molecule has 1 rings (SSSR count). The molecule has 7 nitrogen and oxygen atoms in total. The van der Waals surface area contributed by atoms with Crippen molar-refractivity contribution in [2.45, 2.75) is 51.5 Å². The number of aliphatic hydroxyl groups is 2. The third kappa shape index (κ3) is 4.31. The highest BCUT2D eigenvalue weighted by atomic mass is 19.4. The van der Waals surface area contributed by atoms with Crippen molar-refractivity contribution in [3.05, 3.63) is 0 Å². The molecule has 0 spiro atoms. The van der Waals surface area contributed by atoms with Gasteiger partial charge in [-0.1, -0.05) is 13.8 Å². The molecule has 0 bridgehead atoms. The van der Waals surface area contributed by atoms with E-state index in [1.807, 2.05) is 0 Å². The first-order valence-electron chi connectivity index (χ1n) is 8.70. The number of halogens is 6. The normalized spacial score (nSPS) is 33.5. The van der Waals surface area contributed by atoms with E-state index in [1.54, 1.807) is 0 Å². The summed E-state index contributed by atoms with van der Waals surface area (Å²) in [6.45, 7) is 3.87. The summed E-state index contributed by atoms with van der Waals surface area (Å²) in [6, 6.07) is 0. The monoisotopic (exact) mass is 439 g/mol. The Balaban J connectivity index is 3.88. The van der Waals surface area contributed by atoms with E-state index in [4.69, 9.17) is 0 Å². The number of alkyl halides is 6. The van der Waals surface area contributed by atoms with Gasteiger partial charge in [0.1, 0.15) is 11.8 Å². The number of nitrogens with one attached hydrogen (secondary N) is 1. The van der Waals surface area contributed by atoms with E-state index in [9.17, 15) is 46.1 Å². The smallest absolute Gasteiger partial charge is 0.431 e. The number of hydrogen-bond donors (Lipinski definition) is 3. The molecule has 170 valence electrons. The fourth-order valence-electron chi connectivity index (χ4n) is 3.58. The minimum Gasteiger partial charge on any atom is -0.466 e. The van der Waals surface area contributed by atoms with E-state index < -0.39 is 72.6 Å². The molecule has 0 aromatic carbocycles. The van der Waals surface area contributed by atoms with Crippen molar-refractivity contribution >= 4 is 11.9 Å². The highest BCUT2D eigenvalue weighted by molar-refractivity contribution is 5.80. The third-order valence-corrected chi connectivity index (χ3v) is 4.77. The van der Waals surface area contributed by atoms with E-state index in [1.165, 1.54) is 13.8 Å². The number of hydrogen-bond acceptors (Lipinski definition) is 7. The summed E-state index contributed by atoms with van der Waals surface area (Å²) in [5.41, 5.74) is -9.08. The molecule has 0 aromatic heterocycles. The summed E-state index contributed by atoms with van der Waals surface area (Å²) in [7, 11) is 0. The average molecular weight is 439 g/mol. The highest BCUT2D eigenvalue weighted by Crippen LogP contribution is 2.54. The van der Waals surface area contributed by atoms with Crippen LogP contribution in [0, 0.1) is 23.7 Å². The largest absolute Gasteiger partial charge is 0.466 e. The lowest BCUT2D eigenvalue weighted by molar-refractivity contribution is -0.384. The van der Waals surface area contributed by atoms with Crippen LogP contribution in [0.4, 0.5) is 26.3 Å². The van der Waals surface area contributed by atoms with E-state index >= 15 is 0 Å². The van der Waals surface area contributed by atoms with E-state index in [-0.39, 0.29) is 0 Å². The Labute approximate surface area is 162 Å². The minimum atomic E-state index is -5.85. The van der Waals surface area contributed by atoms with Crippen LogP contribution in [0.2, 0.25) is 0 Å².